The van der Waals surface area contributed by atoms with E-state index in [-0.39, 0.29) is 0 Å². The normalized spacial score (nSPS) is 13.4. The summed E-state index contributed by atoms with van der Waals surface area (Å²) in [6.45, 7) is 4.16. The monoisotopic (exact) mass is 423 g/mol. The van der Waals surface area contributed by atoms with Crippen molar-refractivity contribution in [2.45, 2.75) is 58.4 Å². The molecule has 0 saturated heterocycles. The highest BCUT2D eigenvalue weighted by Gasteiger charge is 2.17. The molecule has 0 radical (unpaired) electrons. The minimum atomic E-state index is 0.882. The van der Waals surface area contributed by atoms with Gasteiger partial charge in [0.1, 0.15) is 0 Å². The average Bonchev–Trinajstić information content (AvgIpc) is 3.17. The summed E-state index contributed by atoms with van der Waals surface area (Å²) < 4.78 is 2.44. The van der Waals surface area contributed by atoms with Gasteiger partial charge in [0.2, 0.25) is 0 Å². The maximum Gasteiger partial charge on any atom is 0.0534 e. The highest BCUT2D eigenvalue weighted by atomic mass is 15.0. The molecule has 0 amide bonds. The fraction of sp³-hybridized carbons (Fsp3) is 0.345. The molecule has 2 aromatic heterocycles. The largest absolute Gasteiger partial charge is 0.312 e. The number of aryl methyl sites for hydroxylation is 3. The van der Waals surface area contributed by atoms with E-state index in [4.69, 9.17) is 4.98 Å². The topological polar surface area (TPSA) is 29.9 Å². The van der Waals surface area contributed by atoms with Gasteiger partial charge in [-0.3, -0.25) is 4.98 Å². The third-order valence-corrected chi connectivity index (χ3v) is 6.88. The smallest absolute Gasteiger partial charge is 0.0534 e. The van der Waals surface area contributed by atoms with Crippen molar-refractivity contribution in [2.24, 2.45) is 0 Å². The average molecular weight is 424 g/mol. The molecule has 0 bridgehead atoms. The SMILES string of the molecule is CCc1c(CNCCCc2nccc3c2CCCC3)n(-c2ccccc2)c2ccccc12. The van der Waals surface area contributed by atoms with E-state index in [9.17, 15) is 0 Å². The predicted molar refractivity (Wildman–Crippen MR) is 134 cm³/mol. The Hall–Kier alpha value is -2.91. The molecule has 1 N–H and O–H groups in total. The first-order chi connectivity index (χ1) is 15.9. The number of para-hydroxylation sites is 2. The number of nitrogens with zero attached hydrogens (tertiary/aromatic N) is 2. The van der Waals surface area contributed by atoms with Crippen LogP contribution in [0.4, 0.5) is 0 Å². The van der Waals surface area contributed by atoms with Crippen LogP contribution in [0.2, 0.25) is 0 Å². The molecule has 4 aromatic rings. The lowest BCUT2D eigenvalue weighted by molar-refractivity contribution is 0.619. The van der Waals surface area contributed by atoms with E-state index in [1.807, 2.05) is 6.20 Å². The lowest BCUT2D eigenvalue weighted by atomic mass is 9.90. The van der Waals surface area contributed by atoms with Crippen molar-refractivity contribution < 1.29 is 0 Å². The maximum atomic E-state index is 4.73. The van der Waals surface area contributed by atoms with Gasteiger partial charge in [0.05, 0.1) is 5.52 Å². The Morgan fingerprint density at radius 1 is 0.938 bits per heavy atom. The summed E-state index contributed by atoms with van der Waals surface area (Å²) in [4.78, 5) is 4.73. The zero-order chi connectivity index (χ0) is 21.8. The number of fused-ring (bicyclic) bond motifs is 2. The van der Waals surface area contributed by atoms with E-state index in [0.29, 0.717) is 0 Å². The molecule has 0 saturated carbocycles. The number of benzene rings is 2. The highest BCUT2D eigenvalue weighted by molar-refractivity contribution is 5.87. The first kappa shape index (κ1) is 21.0. The Bertz CT molecular complexity index is 1190. The Balaban J connectivity index is 1.32. The van der Waals surface area contributed by atoms with Gasteiger partial charge in [0, 0.05) is 35.2 Å². The molecule has 2 aromatic carbocycles. The van der Waals surface area contributed by atoms with E-state index in [1.54, 1.807) is 0 Å². The van der Waals surface area contributed by atoms with Crippen molar-refractivity contribution in [1.82, 2.24) is 14.9 Å². The molecule has 3 nitrogen and oxygen atoms in total. The molecular weight excluding hydrogens is 390 g/mol. The number of rotatable bonds is 8. The minimum absolute atomic E-state index is 0.882. The van der Waals surface area contributed by atoms with Gasteiger partial charge in [0.25, 0.3) is 0 Å². The molecule has 0 atom stereocenters. The second-order valence-corrected chi connectivity index (χ2v) is 8.85. The van der Waals surface area contributed by atoms with Gasteiger partial charge in [0.15, 0.2) is 0 Å². The molecule has 1 aliphatic carbocycles. The van der Waals surface area contributed by atoms with Crippen LogP contribution < -0.4 is 5.32 Å². The number of pyridine rings is 1. The Labute approximate surface area is 191 Å². The third-order valence-electron chi connectivity index (χ3n) is 6.88. The summed E-state index contributed by atoms with van der Waals surface area (Å²) in [5.74, 6) is 0. The Morgan fingerprint density at radius 3 is 2.62 bits per heavy atom. The van der Waals surface area contributed by atoms with Gasteiger partial charge in [-0.05, 0) is 92.4 Å². The number of nitrogens with one attached hydrogen (secondary N) is 1. The summed E-state index contributed by atoms with van der Waals surface area (Å²) in [6.07, 6.45) is 10.3. The highest BCUT2D eigenvalue weighted by Crippen LogP contribution is 2.30. The Kier molecular flexibility index (Phi) is 6.36. The molecule has 0 unspecified atom stereocenters. The van der Waals surface area contributed by atoms with Crippen LogP contribution in [0.3, 0.4) is 0 Å². The fourth-order valence-corrected chi connectivity index (χ4v) is 5.35. The maximum absolute atomic E-state index is 4.73. The predicted octanol–water partition coefficient (Wildman–Crippen LogP) is 6.19. The van der Waals surface area contributed by atoms with E-state index in [0.717, 1.165) is 32.4 Å². The first-order valence-electron chi connectivity index (χ1n) is 12.2. The second-order valence-electron chi connectivity index (χ2n) is 8.85. The number of hydrogen-bond donors (Lipinski definition) is 1. The van der Waals surface area contributed by atoms with Gasteiger partial charge in [-0.1, -0.05) is 43.3 Å². The third kappa shape index (κ3) is 4.10. The minimum Gasteiger partial charge on any atom is -0.312 e. The molecule has 2 heterocycles. The zero-order valence-corrected chi connectivity index (χ0v) is 19.1. The van der Waals surface area contributed by atoms with E-state index < -0.39 is 0 Å². The molecule has 0 aliphatic heterocycles. The molecule has 3 heteroatoms. The van der Waals surface area contributed by atoms with Gasteiger partial charge in [-0.25, -0.2) is 0 Å². The summed E-state index contributed by atoms with van der Waals surface area (Å²) in [5.41, 5.74) is 9.78. The van der Waals surface area contributed by atoms with Crippen molar-refractivity contribution in [1.29, 1.82) is 0 Å². The standard InChI is InChI=1S/C29H33N3/c1-2-24-26-15-8-9-17-28(26)32(23-12-4-3-5-13-23)29(24)21-30-19-10-16-27-25-14-7-6-11-22(25)18-20-31-27/h3-5,8-9,12-13,15,17-18,20,30H,2,6-7,10-11,14,16,19,21H2,1H3. The number of aromatic nitrogens is 2. The van der Waals surface area contributed by atoms with E-state index in [2.05, 4.69) is 77.5 Å². The van der Waals surface area contributed by atoms with Crippen molar-refractivity contribution in [3.8, 4) is 5.69 Å². The van der Waals surface area contributed by atoms with Crippen LogP contribution in [-0.2, 0) is 32.2 Å². The van der Waals surface area contributed by atoms with Crippen molar-refractivity contribution in [3.05, 3.63) is 94.9 Å². The van der Waals surface area contributed by atoms with Crippen molar-refractivity contribution in [3.63, 3.8) is 0 Å². The van der Waals surface area contributed by atoms with E-state index in [1.165, 1.54) is 70.4 Å². The molecule has 0 spiro atoms. The first-order valence-corrected chi connectivity index (χ1v) is 12.2. The summed E-state index contributed by atoms with van der Waals surface area (Å²) in [6, 6.07) is 21.8. The number of hydrogen-bond acceptors (Lipinski definition) is 2. The summed E-state index contributed by atoms with van der Waals surface area (Å²) >= 11 is 0. The lowest BCUT2D eigenvalue weighted by Crippen LogP contribution is -2.19. The van der Waals surface area contributed by atoms with Crippen LogP contribution in [0, 0.1) is 0 Å². The van der Waals surface area contributed by atoms with Crippen molar-refractivity contribution >= 4 is 10.9 Å². The Morgan fingerprint density at radius 2 is 1.75 bits per heavy atom. The van der Waals surface area contributed by atoms with Crippen LogP contribution in [0.15, 0.2) is 66.9 Å². The van der Waals surface area contributed by atoms with Crippen LogP contribution in [0.1, 0.15) is 54.3 Å². The van der Waals surface area contributed by atoms with Gasteiger partial charge in [-0.15, -0.1) is 0 Å². The van der Waals surface area contributed by atoms with Crippen molar-refractivity contribution in [2.75, 3.05) is 6.54 Å². The molecule has 5 rings (SSSR count). The fourth-order valence-electron chi connectivity index (χ4n) is 5.35. The van der Waals surface area contributed by atoms with E-state index >= 15 is 0 Å². The van der Waals surface area contributed by atoms with Crippen LogP contribution in [0.5, 0.6) is 0 Å². The molecule has 0 fully saturated rings. The van der Waals surface area contributed by atoms with Crippen LogP contribution >= 0.6 is 0 Å². The lowest BCUT2D eigenvalue weighted by Gasteiger charge is -2.18. The molecular formula is C29H33N3. The summed E-state index contributed by atoms with van der Waals surface area (Å²) in [5, 5.41) is 5.12. The summed E-state index contributed by atoms with van der Waals surface area (Å²) in [7, 11) is 0. The van der Waals surface area contributed by atoms with Gasteiger partial charge in [-0.2, -0.15) is 0 Å². The molecule has 32 heavy (non-hydrogen) atoms. The zero-order valence-electron chi connectivity index (χ0n) is 19.1. The molecule has 164 valence electrons. The quantitative estimate of drug-likeness (QED) is 0.343. The van der Waals surface area contributed by atoms with Crippen LogP contribution in [0.25, 0.3) is 16.6 Å². The molecule has 1 aliphatic rings. The van der Waals surface area contributed by atoms with Crippen LogP contribution in [-0.4, -0.2) is 16.1 Å². The second kappa shape index (κ2) is 9.70. The van der Waals surface area contributed by atoms with Gasteiger partial charge < -0.3 is 9.88 Å². The van der Waals surface area contributed by atoms with Gasteiger partial charge >= 0.3 is 0 Å².